The van der Waals surface area contributed by atoms with Gasteiger partial charge in [-0.15, -0.1) is 0 Å². The van der Waals surface area contributed by atoms with Crippen LogP contribution in [-0.4, -0.2) is 17.8 Å². The third kappa shape index (κ3) is 8.35. The Balaban J connectivity index is 1.91. The lowest BCUT2D eigenvalue weighted by Gasteiger charge is -2.04. The van der Waals surface area contributed by atoms with Crippen LogP contribution < -0.4 is 0 Å². The molecule has 0 atom stereocenters. The summed E-state index contributed by atoms with van der Waals surface area (Å²) in [6, 6.07) is 10.1. The van der Waals surface area contributed by atoms with Crippen molar-refractivity contribution in [3.8, 4) is 0 Å². The molecule has 0 N–H and O–H groups in total. The molecule has 0 bridgehead atoms. The molecule has 0 spiro atoms. The molecule has 0 fully saturated rings. The Hall–Kier alpha value is -0.390. The fourth-order valence-corrected chi connectivity index (χ4v) is 1.66. The Morgan fingerprint density at radius 3 is 2.53 bits per heavy atom. The number of hydrogen-bond acceptors (Lipinski definition) is 2. The Morgan fingerprint density at radius 2 is 1.76 bits per heavy atom. The van der Waals surface area contributed by atoms with Crippen LogP contribution >= 0.6 is 22.6 Å². The maximum absolute atomic E-state index is 5.40. The maximum Gasteiger partial charge on any atom is 0.147 e. The number of halogens is 1. The van der Waals surface area contributed by atoms with Crippen LogP contribution in [0.3, 0.4) is 0 Å². The lowest BCUT2D eigenvalue weighted by atomic mass is 10.2. The summed E-state index contributed by atoms with van der Waals surface area (Å²) in [7, 11) is 0. The van der Waals surface area contributed by atoms with Crippen molar-refractivity contribution in [3.63, 3.8) is 0 Å². The van der Waals surface area contributed by atoms with Crippen LogP contribution in [-0.2, 0) is 16.1 Å². The Kier molecular flexibility index (Phi) is 9.27. The van der Waals surface area contributed by atoms with Gasteiger partial charge < -0.3 is 9.47 Å². The third-order valence-corrected chi connectivity index (χ3v) is 2.77. The maximum atomic E-state index is 5.40. The second-order valence-corrected chi connectivity index (χ2v) is 4.68. The van der Waals surface area contributed by atoms with Crippen LogP contribution in [0.1, 0.15) is 18.4 Å². The van der Waals surface area contributed by atoms with Crippen molar-refractivity contribution >= 4 is 22.6 Å². The minimum Gasteiger partial charge on any atom is -0.355 e. The summed E-state index contributed by atoms with van der Waals surface area (Å²) in [6.07, 6.45) is 6.47. The molecule has 0 amide bonds. The van der Waals surface area contributed by atoms with E-state index in [2.05, 4.69) is 34.7 Å². The molecule has 1 aromatic rings. The summed E-state index contributed by atoms with van der Waals surface area (Å²) < 4.78 is 11.9. The average molecular weight is 346 g/mol. The van der Waals surface area contributed by atoms with Crippen LogP contribution in [0.25, 0.3) is 0 Å². The fraction of sp³-hybridized carbons (Fsp3) is 0.429. The van der Waals surface area contributed by atoms with E-state index in [0.29, 0.717) is 13.4 Å². The van der Waals surface area contributed by atoms with Gasteiger partial charge in [0.25, 0.3) is 0 Å². The van der Waals surface area contributed by atoms with E-state index in [1.54, 1.807) is 0 Å². The standard InChI is InChI=1S/C14H19IO2/c15-10-6-1-2-7-11-16-13-17-12-14-8-4-3-5-9-14/h1-5,8-9H,6-7,10-13H2/b2-1+. The predicted molar refractivity (Wildman–Crippen MR) is 79.3 cm³/mol. The van der Waals surface area contributed by atoms with Crippen LogP contribution in [0, 0.1) is 0 Å². The molecule has 1 aromatic carbocycles. The van der Waals surface area contributed by atoms with Crippen molar-refractivity contribution < 1.29 is 9.47 Å². The molecule has 1 rings (SSSR count). The van der Waals surface area contributed by atoms with Crippen LogP contribution in [0.15, 0.2) is 42.5 Å². The molecule has 0 aliphatic carbocycles. The van der Waals surface area contributed by atoms with Crippen molar-refractivity contribution in [2.75, 3.05) is 17.8 Å². The van der Waals surface area contributed by atoms with Crippen LogP contribution in [0.5, 0.6) is 0 Å². The van der Waals surface area contributed by atoms with Crippen molar-refractivity contribution in [1.29, 1.82) is 0 Å². The summed E-state index contributed by atoms with van der Waals surface area (Å²) in [5, 5.41) is 0. The summed E-state index contributed by atoms with van der Waals surface area (Å²) in [5.74, 6) is 0. The van der Waals surface area contributed by atoms with Gasteiger partial charge in [0.05, 0.1) is 13.2 Å². The van der Waals surface area contributed by atoms with E-state index < -0.39 is 0 Å². The Labute approximate surface area is 117 Å². The van der Waals surface area contributed by atoms with Gasteiger partial charge >= 0.3 is 0 Å². The number of benzene rings is 1. The highest BCUT2D eigenvalue weighted by atomic mass is 127. The third-order valence-electron chi connectivity index (χ3n) is 2.15. The topological polar surface area (TPSA) is 18.5 Å². The van der Waals surface area contributed by atoms with Gasteiger partial charge in [0.15, 0.2) is 0 Å². The Morgan fingerprint density at radius 1 is 1.00 bits per heavy atom. The molecule has 0 aromatic heterocycles. The minimum atomic E-state index is 0.370. The zero-order valence-corrected chi connectivity index (χ0v) is 12.1. The van der Waals surface area contributed by atoms with Crippen molar-refractivity contribution in [1.82, 2.24) is 0 Å². The van der Waals surface area contributed by atoms with E-state index in [1.165, 1.54) is 9.99 Å². The van der Waals surface area contributed by atoms with Gasteiger partial charge in [0, 0.05) is 4.43 Å². The molecule has 0 saturated carbocycles. The second kappa shape index (κ2) is 10.7. The summed E-state index contributed by atoms with van der Waals surface area (Å²) in [6.45, 7) is 1.72. The number of allylic oxidation sites excluding steroid dienone is 1. The number of hydrogen-bond donors (Lipinski definition) is 0. The van der Waals surface area contributed by atoms with E-state index >= 15 is 0 Å². The van der Waals surface area contributed by atoms with Crippen molar-refractivity contribution in [2.45, 2.75) is 19.4 Å². The zero-order chi connectivity index (χ0) is 12.2. The molecule has 0 aliphatic heterocycles. The SMILES string of the molecule is ICC/C=C/CCOCOCc1ccccc1. The summed E-state index contributed by atoms with van der Waals surface area (Å²) in [5.41, 5.74) is 1.18. The van der Waals surface area contributed by atoms with Crippen LogP contribution in [0.4, 0.5) is 0 Å². The quantitative estimate of drug-likeness (QED) is 0.222. The van der Waals surface area contributed by atoms with Crippen LogP contribution in [0.2, 0.25) is 0 Å². The van der Waals surface area contributed by atoms with Gasteiger partial charge in [-0.3, -0.25) is 0 Å². The highest BCUT2D eigenvalue weighted by Gasteiger charge is 1.91. The molecule has 0 unspecified atom stereocenters. The van der Waals surface area contributed by atoms with Gasteiger partial charge in [-0.2, -0.15) is 0 Å². The number of rotatable bonds is 9. The molecular weight excluding hydrogens is 327 g/mol. The first kappa shape index (κ1) is 14.7. The van der Waals surface area contributed by atoms with E-state index in [0.717, 1.165) is 19.4 Å². The monoisotopic (exact) mass is 346 g/mol. The minimum absolute atomic E-state index is 0.370. The number of alkyl halides is 1. The van der Waals surface area contributed by atoms with Gasteiger partial charge in [-0.1, -0.05) is 65.1 Å². The van der Waals surface area contributed by atoms with E-state index in [-0.39, 0.29) is 0 Å². The van der Waals surface area contributed by atoms with Gasteiger partial charge in [0.2, 0.25) is 0 Å². The number of ether oxygens (including phenoxy) is 2. The first-order valence-corrected chi connectivity index (χ1v) is 7.36. The lowest BCUT2D eigenvalue weighted by Crippen LogP contribution is -2.01. The fourth-order valence-electron chi connectivity index (χ4n) is 1.30. The summed E-state index contributed by atoms with van der Waals surface area (Å²) in [4.78, 5) is 0. The summed E-state index contributed by atoms with van der Waals surface area (Å²) >= 11 is 2.37. The highest BCUT2D eigenvalue weighted by Crippen LogP contribution is 2.00. The largest absolute Gasteiger partial charge is 0.355 e. The molecule has 0 aliphatic rings. The first-order chi connectivity index (χ1) is 8.43. The Bertz CT molecular complexity index is 298. The van der Waals surface area contributed by atoms with Gasteiger partial charge in [0.1, 0.15) is 6.79 Å². The smallest absolute Gasteiger partial charge is 0.147 e. The molecule has 17 heavy (non-hydrogen) atoms. The van der Waals surface area contributed by atoms with Crippen molar-refractivity contribution in [2.24, 2.45) is 0 Å². The molecule has 0 heterocycles. The zero-order valence-electron chi connectivity index (χ0n) is 9.98. The van der Waals surface area contributed by atoms with E-state index in [1.807, 2.05) is 30.3 Å². The van der Waals surface area contributed by atoms with Gasteiger partial charge in [-0.05, 0) is 18.4 Å². The molecule has 94 valence electrons. The van der Waals surface area contributed by atoms with E-state index in [9.17, 15) is 0 Å². The molecule has 2 nitrogen and oxygen atoms in total. The first-order valence-electron chi connectivity index (χ1n) is 5.84. The lowest BCUT2D eigenvalue weighted by molar-refractivity contribution is -0.0600. The predicted octanol–water partition coefficient (Wildman–Crippen LogP) is 3.95. The molecule has 0 radical (unpaired) electrons. The van der Waals surface area contributed by atoms with Gasteiger partial charge in [-0.25, -0.2) is 0 Å². The second-order valence-electron chi connectivity index (χ2n) is 3.60. The van der Waals surface area contributed by atoms with E-state index in [4.69, 9.17) is 9.47 Å². The normalized spacial score (nSPS) is 11.1. The molecule has 0 saturated heterocycles. The highest BCUT2D eigenvalue weighted by molar-refractivity contribution is 14.1. The molecular formula is C14H19IO2. The average Bonchev–Trinajstić information content (AvgIpc) is 2.38. The molecule has 3 heteroatoms. The van der Waals surface area contributed by atoms with Crippen molar-refractivity contribution in [3.05, 3.63) is 48.0 Å².